The van der Waals surface area contributed by atoms with E-state index in [4.69, 9.17) is 9.47 Å². The number of aryl methyl sites for hydroxylation is 1. The molecule has 0 aliphatic rings. The molecular weight excluding hydrogens is 426 g/mol. The Kier molecular flexibility index (Phi) is 9.97. The summed E-state index contributed by atoms with van der Waals surface area (Å²) in [7, 11) is 1.59. The number of hydrogen-bond donors (Lipinski definition) is 2. The fourth-order valence-electron chi connectivity index (χ4n) is 3.37. The Balaban J connectivity index is 0.00000363. The minimum Gasteiger partial charge on any atom is -0.493 e. The lowest BCUT2D eigenvalue weighted by molar-refractivity contribution is 0.0983. The maximum Gasteiger partial charge on any atom is 0.163 e. The monoisotopic (exact) mass is 457 g/mol. The van der Waals surface area contributed by atoms with Crippen molar-refractivity contribution in [1.82, 2.24) is 5.32 Å². The number of hydrogen-bond acceptors (Lipinski definition) is 5. The average molecular weight is 458 g/mol. The summed E-state index contributed by atoms with van der Waals surface area (Å²) >= 11 is 0. The van der Waals surface area contributed by atoms with Crippen LogP contribution in [-0.2, 0) is 6.42 Å². The summed E-state index contributed by atoms with van der Waals surface area (Å²) < 4.78 is 11.2. The van der Waals surface area contributed by atoms with Crippen LogP contribution in [0.2, 0.25) is 0 Å². The molecule has 3 aromatic carbocycles. The number of halogens is 1. The maximum atomic E-state index is 12.7. The number of aliphatic hydroxyl groups is 1. The average Bonchev–Trinajstić information content (AvgIpc) is 2.79. The summed E-state index contributed by atoms with van der Waals surface area (Å²) in [6, 6.07) is 19.8. The molecule has 1 atom stereocenters. The number of aliphatic hydroxyl groups excluding tert-OH is 1. The van der Waals surface area contributed by atoms with Crippen molar-refractivity contribution in [3.8, 4) is 11.5 Å². The molecule has 32 heavy (non-hydrogen) atoms. The molecule has 0 amide bonds. The van der Waals surface area contributed by atoms with Gasteiger partial charge in [-0.3, -0.25) is 4.79 Å². The standard InChI is InChI=1S/C26H31NO4.ClH/c1-18(2)27-16-23(28)17-31-26-14-19(9-13-25(26)30-3)8-12-24(29)22-11-10-20-6-4-5-7-21(20)15-22;/h4-7,9-11,13-15,18,23,27-28H,8,12,16-17H2,1-3H3;1H. The Hall–Kier alpha value is -2.60. The van der Waals surface area contributed by atoms with E-state index in [0.717, 1.165) is 21.9 Å². The topological polar surface area (TPSA) is 67.8 Å². The number of benzene rings is 3. The van der Waals surface area contributed by atoms with E-state index >= 15 is 0 Å². The van der Waals surface area contributed by atoms with Gasteiger partial charge in [0.05, 0.1) is 7.11 Å². The molecule has 0 saturated heterocycles. The Morgan fingerprint density at radius 3 is 2.47 bits per heavy atom. The van der Waals surface area contributed by atoms with Gasteiger partial charge in [0, 0.05) is 24.6 Å². The van der Waals surface area contributed by atoms with Crippen LogP contribution in [0.5, 0.6) is 11.5 Å². The molecular formula is C26H32ClNO4. The first kappa shape index (κ1) is 25.7. The quantitative estimate of drug-likeness (QED) is 0.404. The number of carbonyl (C=O) groups excluding carboxylic acids is 1. The van der Waals surface area contributed by atoms with Gasteiger partial charge >= 0.3 is 0 Å². The highest BCUT2D eigenvalue weighted by atomic mass is 35.5. The zero-order valence-corrected chi connectivity index (χ0v) is 19.7. The number of ketones is 1. The van der Waals surface area contributed by atoms with Crippen molar-refractivity contribution in [2.24, 2.45) is 0 Å². The molecule has 0 bridgehead atoms. The number of carbonyl (C=O) groups is 1. The van der Waals surface area contributed by atoms with Crippen molar-refractivity contribution in [3.05, 3.63) is 71.8 Å². The van der Waals surface area contributed by atoms with Crippen molar-refractivity contribution < 1.29 is 19.4 Å². The van der Waals surface area contributed by atoms with Crippen LogP contribution < -0.4 is 14.8 Å². The van der Waals surface area contributed by atoms with E-state index in [1.165, 1.54) is 0 Å². The molecule has 0 saturated carbocycles. The Labute approximate surface area is 196 Å². The molecule has 0 aliphatic heterocycles. The first-order valence-electron chi connectivity index (χ1n) is 10.7. The zero-order chi connectivity index (χ0) is 22.2. The SMILES string of the molecule is COc1ccc(CCC(=O)c2ccc3ccccc3c2)cc1OCC(O)CNC(C)C.Cl. The normalized spacial score (nSPS) is 11.8. The van der Waals surface area contributed by atoms with Gasteiger partial charge in [-0.15, -0.1) is 12.4 Å². The lowest BCUT2D eigenvalue weighted by Gasteiger charge is -2.17. The van der Waals surface area contributed by atoms with Crippen LogP contribution in [0.15, 0.2) is 60.7 Å². The molecule has 0 fully saturated rings. The van der Waals surface area contributed by atoms with Crippen molar-refractivity contribution in [2.75, 3.05) is 20.3 Å². The van der Waals surface area contributed by atoms with E-state index in [1.807, 2.05) is 74.5 Å². The summed E-state index contributed by atoms with van der Waals surface area (Å²) in [5, 5.41) is 15.5. The van der Waals surface area contributed by atoms with Gasteiger partial charge in [0.25, 0.3) is 0 Å². The third-order valence-corrected chi connectivity index (χ3v) is 5.13. The number of fused-ring (bicyclic) bond motifs is 1. The second kappa shape index (κ2) is 12.4. The van der Waals surface area contributed by atoms with Crippen LogP contribution in [0.1, 0.15) is 36.2 Å². The molecule has 1 unspecified atom stereocenters. The first-order valence-corrected chi connectivity index (χ1v) is 10.7. The van der Waals surface area contributed by atoms with E-state index in [9.17, 15) is 9.90 Å². The van der Waals surface area contributed by atoms with Crippen LogP contribution in [0, 0.1) is 0 Å². The maximum absolute atomic E-state index is 12.7. The largest absolute Gasteiger partial charge is 0.493 e. The molecule has 3 rings (SSSR count). The molecule has 0 aromatic heterocycles. The Morgan fingerprint density at radius 2 is 1.75 bits per heavy atom. The number of rotatable bonds is 11. The van der Waals surface area contributed by atoms with Gasteiger partial charge in [-0.25, -0.2) is 0 Å². The second-order valence-electron chi connectivity index (χ2n) is 8.00. The van der Waals surface area contributed by atoms with Gasteiger partial charge in [-0.1, -0.05) is 56.3 Å². The highest BCUT2D eigenvalue weighted by Crippen LogP contribution is 2.29. The minimum absolute atomic E-state index is 0. The van der Waals surface area contributed by atoms with Crippen LogP contribution in [-0.4, -0.2) is 43.3 Å². The number of Topliss-reactive ketones (excluding diaryl/α,β-unsaturated/α-hetero) is 1. The summed E-state index contributed by atoms with van der Waals surface area (Å²) in [4.78, 5) is 12.7. The van der Waals surface area contributed by atoms with Crippen molar-refractivity contribution in [2.45, 2.75) is 38.8 Å². The third-order valence-electron chi connectivity index (χ3n) is 5.13. The summed E-state index contributed by atoms with van der Waals surface area (Å²) in [5.41, 5.74) is 1.71. The molecule has 2 N–H and O–H groups in total. The molecule has 172 valence electrons. The van der Waals surface area contributed by atoms with Crippen LogP contribution in [0.3, 0.4) is 0 Å². The molecule has 0 heterocycles. The van der Waals surface area contributed by atoms with E-state index in [1.54, 1.807) is 7.11 Å². The van der Waals surface area contributed by atoms with Gasteiger partial charge in [0.15, 0.2) is 17.3 Å². The van der Waals surface area contributed by atoms with Crippen molar-refractivity contribution >= 4 is 29.0 Å². The highest BCUT2D eigenvalue weighted by Gasteiger charge is 2.12. The van der Waals surface area contributed by atoms with Crippen LogP contribution in [0.25, 0.3) is 10.8 Å². The second-order valence-corrected chi connectivity index (χ2v) is 8.00. The summed E-state index contributed by atoms with van der Waals surface area (Å²) in [6.07, 6.45) is 0.388. The highest BCUT2D eigenvalue weighted by molar-refractivity contribution is 6.00. The van der Waals surface area contributed by atoms with Gasteiger partial charge in [-0.2, -0.15) is 0 Å². The van der Waals surface area contributed by atoms with Crippen molar-refractivity contribution in [3.63, 3.8) is 0 Å². The molecule has 0 aliphatic carbocycles. The number of nitrogens with one attached hydrogen (secondary N) is 1. The van der Waals surface area contributed by atoms with Crippen LogP contribution in [0.4, 0.5) is 0 Å². The Morgan fingerprint density at radius 1 is 1.00 bits per heavy atom. The van der Waals surface area contributed by atoms with Crippen LogP contribution >= 0.6 is 12.4 Å². The van der Waals surface area contributed by atoms with E-state index < -0.39 is 6.10 Å². The number of ether oxygens (including phenoxy) is 2. The van der Waals surface area contributed by atoms with E-state index in [2.05, 4.69) is 5.32 Å². The fraction of sp³-hybridized carbons (Fsp3) is 0.346. The van der Waals surface area contributed by atoms with Gasteiger partial charge in [-0.05, 0) is 41.0 Å². The minimum atomic E-state index is -0.620. The lowest BCUT2D eigenvalue weighted by Crippen LogP contribution is -2.35. The third kappa shape index (κ3) is 7.23. The van der Waals surface area contributed by atoms with Gasteiger partial charge in [0.2, 0.25) is 0 Å². The number of methoxy groups -OCH3 is 1. The summed E-state index contributed by atoms with van der Waals surface area (Å²) in [5.74, 6) is 1.29. The molecule has 6 heteroatoms. The molecule has 3 aromatic rings. The predicted molar refractivity (Wildman–Crippen MR) is 131 cm³/mol. The van der Waals surface area contributed by atoms with Gasteiger partial charge in [0.1, 0.15) is 12.7 Å². The first-order chi connectivity index (χ1) is 15.0. The molecule has 0 radical (unpaired) electrons. The smallest absolute Gasteiger partial charge is 0.163 e. The predicted octanol–water partition coefficient (Wildman–Crippen LogP) is 4.82. The van der Waals surface area contributed by atoms with Crippen molar-refractivity contribution in [1.29, 1.82) is 0 Å². The van der Waals surface area contributed by atoms with E-state index in [0.29, 0.717) is 36.9 Å². The van der Waals surface area contributed by atoms with E-state index in [-0.39, 0.29) is 24.8 Å². The molecule has 5 nitrogen and oxygen atoms in total. The fourth-order valence-corrected chi connectivity index (χ4v) is 3.37. The zero-order valence-electron chi connectivity index (χ0n) is 18.8. The lowest BCUT2D eigenvalue weighted by atomic mass is 10.00. The van der Waals surface area contributed by atoms with Gasteiger partial charge < -0.3 is 19.9 Å². The Bertz CT molecular complexity index is 1020. The molecule has 0 spiro atoms. The summed E-state index contributed by atoms with van der Waals surface area (Å²) in [6.45, 7) is 4.67.